The normalized spacial score (nSPS) is 11.8. The molecule has 3 heteroatoms. The van der Waals surface area contributed by atoms with Crippen molar-refractivity contribution in [1.82, 2.24) is 4.98 Å². The summed E-state index contributed by atoms with van der Waals surface area (Å²) >= 11 is 3.46. The molecular weight excluding hydrogens is 278 g/mol. The molecule has 0 spiro atoms. The Bertz CT molecular complexity index is 585. The number of carbonyl (C=O) groups excluding carboxylic acids is 1. The zero-order chi connectivity index (χ0) is 12.6. The van der Waals surface area contributed by atoms with E-state index in [0.717, 1.165) is 27.2 Å². The summed E-state index contributed by atoms with van der Waals surface area (Å²) in [5.41, 5.74) is 2.56. The largest absolute Gasteiger partial charge is 0.298 e. The number of rotatable bonds is 1. The summed E-state index contributed by atoms with van der Waals surface area (Å²) in [6, 6.07) is 5.95. The Labute approximate surface area is 109 Å². The summed E-state index contributed by atoms with van der Waals surface area (Å²) in [6.07, 6.45) is 2.54. The van der Waals surface area contributed by atoms with E-state index >= 15 is 0 Å². The first-order valence-corrected chi connectivity index (χ1v) is 6.26. The Morgan fingerprint density at radius 3 is 2.59 bits per heavy atom. The van der Waals surface area contributed by atoms with Gasteiger partial charge in [-0.05, 0) is 29.2 Å². The van der Waals surface area contributed by atoms with Gasteiger partial charge in [-0.25, -0.2) is 0 Å². The lowest BCUT2D eigenvalue weighted by Gasteiger charge is -2.23. The van der Waals surface area contributed by atoms with Gasteiger partial charge in [0, 0.05) is 21.6 Å². The molecule has 2 nitrogen and oxygen atoms in total. The van der Waals surface area contributed by atoms with E-state index in [1.54, 1.807) is 6.20 Å². The number of fused-ring (bicyclic) bond motifs is 1. The number of pyridine rings is 1. The average molecular weight is 292 g/mol. The third-order valence-corrected chi connectivity index (χ3v) is 3.23. The molecule has 0 saturated carbocycles. The van der Waals surface area contributed by atoms with Crippen molar-refractivity contribution < 1.29 is 4.79 Å². The maximum atomic E-state index is 11.2. The predicted octanol–water partition coefficient (Wildman–Crippen LogP) is 4.11. The van der Waals surface area contributed by atoms with Gasteiger partial charge in [0.25, 0.3) is 0 Å². The van der Waals surface area contributed by atoms with E-state index in [1.165, 1.54) is 0 Å². The third kappa shape index (κ3) is 2.25. The van der Waals surface area contributed by atoms with Crippen LogP contribution in [-0.4, -0.2) is 11.3 Å². The van der Waals surface area contributed by atoms with Crippen molar-refractivity contribution in [2.24, 2.45) is 0 Å². The molecular formula is C14H14BrNO. The smallest absolute Gasteiger partial charge is 0.151 e. The van der Waals surface area contributed by atoms with Gasteiger partial charge in [-0.1, -0.05) is 36.7 Å². The molecule has 2 aromatic rings. The lowest BCUT2D eigenvalue weighted by atomic mass is 9.82. The molecule has 0 N–H and O–H groups in total. The van der Waals surface area contributed by atoms with E-state index in [2.05, 4.69) is 41.7 Å². The van der Waals surface area contributed by atoms with Crippen LogP contribution in [0.5, 0.6) is 0 Å². The van der Waals surface area contributed by atoms with E-state index in [-0.39, 0.29) is 5.41 Å². The number of aromatic nitrogens is 1. The number of carbonyl (C=O) groups is 1. The Morgan fingerprint density at radius 2 is 2.00 bits per heavy atom. The molecule has 88 valence electrons. The van der Waals surface area contributed by atoms with Crippen LogP contribution in [0.2, 0.25) is 0 Å². The van der Waals surface area contributed by atoms with Crippen LogP contribution in [0.3, 0.4) is 0 Å². The summed E-state index contributed by atoms with van der Waals surface area (Å²) < 4.78 is 1.00. The topological polar surface area (TPSA) is 30.0 Å². The summed E-state index contributed by atoms with van der Waals surface area (Å²) in [4.78, 5) is 15.5. The van der Waals surface area contributed by atoms with Crippen LogP contribution in [-0.2, 0) is 5.41 Å². The zero-order valence-electron chi connectivity index (χ0n) is 10.1. The molecule has 1 heterocycles. The van der Waals surface area contributed by atoms with Crippen LogP contribution in [0.25, 0.3) is 10.9 Å². The van der Waals surface area contributed by atoms with E-state index in [9.17, 15) is 4.79 Å². The van der Waals surface area contributed by atoms with Crippen LogP contribution in [0.4, 0.5) is 0 Å². The molecule has 0 aliphatic heterocycles. The minimum absolute atomic E-state index is 0.0851. The van der Waals surface area contributed by atoms with Crippen molar-refractivity contribution in [3.05, 3.63) is 40.0 Å². The van der Waals surface area contributed by atoms with Gasteiger partial charge in [0.1, 0.15) is 0 Å². The quantitative estimate of drug-likeness (QED) is 0.740. The van der Waals surface area contributed by atoms with Gasteiger partial charge < -0.3 is 0 Å². The zero-order valence-corrected chi connectivity index (χ0v) is 11.7. The fourth-order valence-electron chi connectivity index (χ4n) is 2.11. The van der Waals surface area contributed by atoms with E-state index < -0.39 is 0 Å². The van der Waals surface area contributed by atoms with Crippen molar-refractivity contribution in [2.75, 3.05) is 0 Å². The van der Waals surface area contributed by atoms with E-state index in [4.69, 9.17) is 0 Å². The Hall–Kier alpha value is -1.22. The summed E-state index contributed by atoms with van der Waals surface area (Å²) in [6.45, 7) is 6.32. The van der Waals surface area contributed by atoms with Crippen molar-refractivity contribution in [3.63, 3.8) is 0 Å². The molecule has 2 rings (SSSR count). The monoisotopic (exact) mass is 291 g/mol. The molecule has 1 aromatic heterocycles. The average Bonchev–Trinajstić information content (AvgIpc) is 2.25. The number of hydrogen-bond donors (Lipinski definition) is 0. The fraction of sp³-hybridized carbons (Fsp3) is 0.286. The van der Waals surface area contributed by atoms with Gasteiger partial charge in [-0.15, -0.1) is 0 Å². The summed E-state index contributed by atoms with van der Waals surface area (Å²) in [5, 5.41) is 1.04. The molecule has 17 heavy (non-hydrogen) atoms. The molecule has 0 atom stereocenters. The minimum atomic E-state index is -0.0851. The Kier molecular flexibility index (Phi) is 3.04. The van der Waals surface area contributed by atoms with Gasteiger partial charge >= 0.3 is 0 Å². The second-order valence-corrected chi connectivity index (χ2v) is 6.03. The number of aldehydes is 1. The fourth-order valence-corrected chi connectivity index (χ4v) is 2.47. The van der Waals surface area contributed by atoms with Gasteiger partial charge in [0.2, 0.25) is 0 Å². The number of nitrogens with zero attached hydrogens (tertiary/aromatic N) is 1. The molecule has 0 saturated heterocycles. The number of hydrogen-bond acceptors (Lipinski definition) is 2. The molecule has 0 amide bonds. The molecule has 0 unspecified atom stereocenters. The summed E-state index contributed by atoms with van der Waals surface area (Å²) in [7, 11) is 0. The van der Waals surface area contributed by atoms with Crippen LogP contribution in [0, 0.1) is 0 Å². The lowest BCUT2D eigenvalue weighted by molar-refractivity contribution is 0.112. The van der Waals surface area contributed by atoms with E-state index in [0.29, 0.717) is 5.56 Å². The van der Waals surface area contributed by atoms with Crippen LogP contribution >= 0.6 is 15.9 Å². The lowest BCUT2D eigenvalue weighted by Crippen LogP contribution is -2.15. The first-order valence-electron chi connectivity index (χ1n) is 5.47. The standard InChI is InChI=1S/C14H14BrNO/c1-14(2,3)13-9(8-17)7-16-12-5-4-10(15)6-11(12)13/h4-8H,1-3H3. The van der Waals surface area contributed by atoms with Crippen molar-refractivity contribution >= 4 is 33.1 Å². The van der Waals surface area contributed by atoms with Crippen LogP contribution in [0.15, 0.2) is 28.9 Å². The molecule has 0 aliphatic carbocycles. The van der Waals surface area contributed by atoms with Gasteiger partial charge in [0.05, 0.1) is 5.52 Å². The maximum absolute atomic E-state index is 11.2. The first-order chi connectivity index (χ1) is 7.93. The van der Waals surface area contributed by atoms with Crippen molar-refractivity contribution in [3.8, 4) is 0 Å². The molecule has 0 bridgehead atoms. The molecule has 0 aliphatic rings. The predicted molar refractivity (Wildman–Crippen MR) is 73.5 cm³/mol. The Morgan fingerprint density at radius 1 is 1.29 bits per heavy atom. The van der Waals surface area contributed by atoms with Crippen LogP contribution in [0.1, 0.15) is 36.7 Å². The number of halogens is 1. The molecule has 1 aromatic carbocycles. The second-order valence-electron chi connectivity index (χ2n) is 5.12. The Balaban J connectivity index is 2.92. The van der Waals surface area contributed by atoms with Crippen molar-refractivity contribution in [2.45, 2.75) is 26.2 Å². The SMILES string of the molecule is CC(C)(C)c1c(C=O)cnc2ccc(Br)cc12. The second kappa shape index (κ2) is 4.22. The highest BCUT2D eigenvalue weighted by Crippen LogP contribution is 2.32. The van der Waals surface area contributed by atoms with Gasteiger partial charge in [0.15, 0.2) is 6.29 Å². The maximum Gasteiger partial charge on any atom is 0.151 e. The van der Waals surface area contributed by atoms with Crippen LogP contribution < -0.4 is 0 Å². The highest BCUT2D eigenvalue weighted by molar-refractivity contribution is 9.10. The van der Waals surface area contributed by atoms with Gasteiger partial charge in [-0.3, -0.25) is 9.78 Å². The van der Waals surface area contributed by atoms with Gasteiger partial charge in [-0.2, -0.15) is 0 Å². The molecule has 0 fully saturated rings. The summed E-state index contributed by atoms with van der Waals surface area (Å²) in [5.74, 6) is 0. The highest BCUT2D eigenvalue weighted by atomic mass is 79.9. The third-order valence-electron chi connectivity index (χ3n) is 2.74. The van der Waals surface area contributed by atoms with Crippen molar-refractivity contribution in [1.29, 1.82) is 0 Å². The first kappa shape index (κ1) is 12.2. The molecule has 0 radical (unpaired) electrons. The highest BCUT2D eigenvalue weighted by Gasteiger charge is 2.21. The minimum Gasteiger partial charge on any atom is -0.298 e. The van der Waals surface area contributed by atoms with E-state index in [1.807, 2.05) is 18.2 Å². The number of benzene rings is 1.